The van der Waals surface area contributed by atoms with Crippen LogP contribution in [0.3, 0.4) is 0 Å². The molecule has 0 aromatic heterocycles. The molecule has 7 heteroatoms. The highest BCUT2D eigenvalue weighted by atomic mass is 32.2. The summed E-state index contributed by atoms with van der Waals surface area (Å²) in [7, 11) is -2.79. The predicted octanol–water partition coefficient (Wildman–Crippen LogP) is 6.87. The van der Waals surface area contributed by atoms with Gasteiger partial charge in [0, 0.05) is 12.5 Å². The molecule has 0 unspecified atom stereocenters. The summed E-state index contributed by atoms with van der Waals surface area (Å²) in [5, 5.41) is 9.95. The molecule has 0 aliphatic rings. The summed E-state index contributed by atoms with van der Waals surface area (Å²) in [4.78, 5) is 11.9. The van der Waals surface area contributed by atoms with Crippen molar-refractivity contribution in [1.82, 2.24) is 5.14 Å². The van der Waals surface area contributed by atoms with Crippen LogP contribution in [0, 0.1) is 0 Å². The molecule has 0 saturated heterocycles. The number of unbranched alkanes of at least 4 members (excludes halogenated alkanes) is 14. The zero-order chi connectivity index (χ0) is 23.7. The molecule has 0 atom stereocenters. The molecular formula is C25H43N2O4S. The summed E-state index contributed by atoms with van der Waals surface area (Å²) in [5.74, 6) is 0.103. The molecule has 1 radical (unpaired) electrons. The summed E-state index contributed by atoms with van der Waals surface area (Å²) in [6.45, 7) is 2.26. The molecular weight excluding hydrogens is 424 g/mol. The molecule has 1 amide bonds. The van der Waals surface area contributed by atoms with Crippen LogP contribution >= 0.6 is 0 Å². The maximum absolute atomic E-state index is 12.2. The Bertz CT molecular complexity index is 750. The maximum Gasteiger partial charge on any atom is 0.256 e. The van der Waals surface area contributed by atoms with Crippen LogP contribution in [-0.4, -0.2) is 21.4 Å². The zero-order valence-electron chi connectivity index (χ0n) is 20.1. The smallest absolute Gasteiger partial charge is 0.256 e. The molecule has 1 aromatic rings. The van der Waals surface area contributed by atoms with Crippen LogP contribution < -0.4 is 15.2 Å². The minimum Gasteiger partial charge on any atom is -0.497 e. The van der Waals surface area contributed by atoms with Crippen LogP contribution in [0.4, 0.5) is 5.69 Å². The Hall–Kier alpha value is -1.60. The first-order chi connectivity index (χ1) is 15.4. The lowest BCUT2D eigenvalue weighted by Crippen LogP contribution is -2.14. The predicted molar refractivity (Wildman–Crippen MR) is 131 cm³/mol. The van der Waals surface area contributed by atoms with Crippen molar-refractivity contribution in [3.8, 4) is 5.75 Å². The fraction of sp³-hybridized carbons (Fsp3) is 0.720. The van der Waals surface area contributed by atoms with Gasteiger partial charge in [0.05, 0.1) is 12.8 Å². The van der Waals surface area contributed by atoms with E-state index in [1.807, 2.05) is 0 Å². The molecule has 2 N–H and O–H groups in total. The van der Waals surface area contributed by atoms with Gasteiger partial charge in [0.15, 0.2) is 0 Å². The monoisotopic (exact) mass is 467 g/mol. The van der Waals surface area contributed by atoms with Gasteiger partial charge in [-0.15, -0.1) is 5.14 Å². The second-order valence-corrected chi connectivity index (χ2v) is 10.1. The summed E-state index contributed by atoms with van der Waals surface area (Å²) < 4.78 is 28.4. The number of carbonyl (C=O) groups is 1. The van der Waals surface area contributed by atoms with Crippen molar-refractivity contribution in [2.24, 2.45) is 0 Å². The normalized spacial score (nSPS) is 11.5. The summed E-state index contributed by atoms with van der Waals surface area (Å²) in [5.41, 5.74) is 0.131. The number of benzene rings is 1. The van der Waals surface area contributed by atoms with E-state index in [9.17, 15) is 13.2 Å². The van der Waals surface area contributed by atoms with Crippen molar-refractivity contribution in [1.29, 1.82) is 0 Å². The molecule has 0 aliphatic heterocycles. The van der Waals surface area contributed by atoms with E-state index >= 15 is 0 Å². The van der Waals surface area contributed by atoms with Gasteiger partial charge in [-0.3, -0.25) is 4.79 Å². The maximum atomic E-state index is 12.2. The van der Waals surface area contributed by atoms with E-state index in [-0.39, 0.29) is 16.5 Å². The second-order valence-electron chi connectivity index (χ2n) is 8.61. The summed E-state index contributed by atoms with van der Waals surface area (Å²) >= 11 is 0. The topological polar surface area (TPSA) is 96.3 Å². The summed E-state index contributed by atoms with van der Waals surface area (Å²) in [6.07, 6.45) is 19.4. The van der Waals surface area contributed by atoms with Crippen molar-refractivity contribution in [3.05, 3.63) is 18.2 Å². The first-order valence-corrected chi connectivity index (χ1v) is 13.8. The van der Waals surface area contributed by atoms with E-state index in [1.165, 1.54) is 96.3 Å². The van der Waals surface area contributed by atoms with E-state index < -0.39 is 10.0 Å². The largest absolute Gasteiger partial charge is 0.497 e. The molecule has 0 heterocycles. The fourth-order valence-corrected chi connectivity index (χ4v) is 4.50. The third kappa shape index (κ3) is 13.1. The lowest BCUT2D eigenvalue weighted by molar-refractivity contribution is -0.116. The highest BCUT2D eigenvalue weighted by Crippen LogP contribution is 2.26. The number of ether oxygens (including phenoxy) is 1. The molecule has 1 aromatic carbocycles. The lowest BCUT2D eigenvalue weighted by Gasteiger charge is -2.11. The van der Waals surface area contributed by atoms with Crippen LogP contribution in [0.25, 0.3) is 0 Å². The van der Waals surface area contributed by atoms with Gasteiger partial charge >= 0.3 is 0 Å². The van der Waals surface area contributed by atoms with E-state index in [2.05, 4.69) is 12.2 Å². The van der Waals surface area contributed by atoms with E-state index in [1.54, 1.807) is 6.07 Å². The van der Waals surface area contributed by atoms with E-state index in [4.69, 9.17) is 9.88 Å². The Kier molecular flexibility index (Phi) is 15.1. The SMILES string of the molecule is CCCCCCCCCCCCCCCCCC(=O)Nc1ccc(OC)cc1S([NH])(=O)=O. The van der Waals surface area contributed by atoms with Crippen molar-refractivity contribution >= 4 is 21.6 Å². The Balaban J connectivity index is 2.08. The zero-order valence-corrected chi connectivity index (χ0v) is 20.9. The average Bonchev–Trinajstić information content (AvgIpc) is 2.76. The lowest BCUT2D eigenvalue weighted by atomic mass is 10.0. The van der Waals surface area contributed by atoms with Gasteiger partial charge in [-0.25, -0.2) is 8.42 Å². The standard InChI is InChI=1S/C25H43N2O4S/c1-3-4-5-6-7-8-9-10-11-12-13-14-15-16-17-18-25(28)27-23-20-19-22(31-2)21-24(23)32(26,29)30/h19-21,26H,3-18H2,1-2H3,(H,27,28). The van der Waals surface area contributed by atoms with E-state index in [0.717, 1.165) is 19.3 Å². The van der Waals surface area contributed by atoms with Gasteiger partial charge in [-0.1, -0.05) is 96.8 Å². The third-order valence-electron chi connectivity index (χ3n) is 5.76. The van der Waals surface area contributed by atoms with Crippen LogP contribution in [0.1, 0.15) is 110 Å². The van der Waals surface area contributed by atoms with Gasteiger partial charge in [0.1, 0.15) is 10.6 Å². The first-order valence-electron chi connectivity index (χ1n) is 12.4. The number of nitrogens with one attached hydrogen (secondary N) is 2. The Morgan fingerprint density at radius 1 is 0.844 bits per heavy atom. The fourth-order valence-electron chi connectivity index (χ4n) is 3.82. The average molecular weight is 468 g/mol. The van der Waals surface area contributed by atoms with Gasteiger partial charge in [-0.05, 0) is 18.6 Å². The van der Waals surface area contributed by atoms with E-state index in [0.29, 0.717) is 12.2 Å². The number of carbonyl (C=O) groups excluding carboxylic acids is 1. The molecule has 6 nitrogen and oxygen atoms in total. The minimum atomic E-state index is -4.21. The first kappa shape index (κ1) is 28.4. The molecule has 0 saturated carbocycles. The number of sulfonamides is 1. The van der Waals surface area contributed by atoms with Gasteiger partial charge in [-0.2, -0.15) is 0 Å². The van der Waals surface area contributed by atoms with Gasteiger partial charge < -0.3 is 10.1 Å². The van der Waals surface area contributed by atoms with Gasteiger partial charge in [0.2, 0.25) is 5.91 Å². The molecule has 0 bridgehead atoms. The number of amides is 1. The second kappa shape index (κ2) is 17.0. The highest BCUT2D eigenvalue weighted by Gasteiger charge is 2.17. The van der Waals surface area contributed by atoms with Gasteiger partial charge in [0.25, 0.3) is 10.0 Å². The number of methoxy groups -OCH3 is 1. The van der Waals surface area contributed by atoms with Crippen LogP contribution in [0.5, 0.6) is 5.75 Å². The molecule has 183 valence electrons. The molecule has 0 spiro atoms. The number of hydrogen-bond acceptors (Lipinski definition) is 4. The molecule has 1 rings (SSSR count). The van der Waals surface area contributed by atoms with Crippen molar-refractivity contribution < 1.29 is 17.9 Å². The Morgan fingerprint density at radius 2 is 1.31 bits per heavy atom. The van der Waals surface area contributed by atoms with Crippen LogP contribution in [-0.2, 0) is 14.8 Å². The Labute approximate surface area is 195 Å². The van der Waals surface area contributed by atoms with Crippen molar-refractivity contribution in [2.45, 2.75) is 115 Å². The van der Waals surface area contributed by atoms with Crippen LogP contribution in [0.15, 0.2) is 23.1 Å². The quantitative estimate of drug-likeness (QED) is 0.225. The number of rotatable bonds is 19. The minimum absolute atomic E-state index is 0.131. The van der Waals surface area contributed by atoms with Crippen LogP contribution in [0.2, 0.25) is 0 Å². The van der Waals surface area contributed by atoms with Crippen molar-refractivity contribution in [3.63, 3.8) is 0 Å². The highest BCUT2D eigenvalue weighted by molar-refractivity contribution is 7.89. The Morgan fingerprint density at radius 3 is 1.75 bits per heavy atom. The third-order valence-corrected chi connectivity index (χ3v) is 6.68. The molecule has 0 aliphatic carbocycles. The summed E-state index contributed by atoms with van der Waals surface area (Å²) in [6, 6.07) is 4.29. The molecule has 32 heavy (non-hydrogen) atoms. The number of hydrogen-bond donors (Lipinski definition) is 1. The number of anilines is 1. The molecule has 0 fully saturated rings. The van der Waals surface area contributed by atoms with Crippen molar-refractivity contribution in [2.75, 3.05) is 12.4 Å².